The van der Waals surface area contributed by atoms with Gasteiger partial charge in [0.1, 0.15) is 0 Å². The van der Waals surface area contributed by atoms with Crippen LogP contribution in [0, 0.1) is 0 Å². The Morgan fingerprint density at radius 3 is 2.93 bits per heavy atom. The molecule has 0 N–H and O–H groups in total. The summed E-state index contributed by atoms with van der Waals surface area (Å²) in [5, 5.41) is 2.02. The fourth-order valence-corrected chi connectivity index (χ4v) is 2.49. The van der Waals surface area contributed by atoms with E-state index in [1.807, 2.05) is 17.5 Å². The number of aryl methyl sites for hydroxylation is 1. The van der Waals surface area contributed by atoms with Gasteiger partial charge in [-0.25, -0.2) is 0 Å². The highest BCUT2D eigenvalue weighted by atomic mass is 79.9. The third-order valence-corrected chi connectivity index (χ3v) is 3.65. The highest BCUT2D eigenvalue weighted by Gasteiger charge is 2.12. The van der Waals surface area contributed by atoms with Crippen LogP contribution in [0.25, 0.3) is 0 Å². The molecule has 2 aromatic rings. The second-order valence-corrected chi connectivity index (χ2v) is 4.86. The number of Topliss-reactive ketones (excluding diaryl/α,β-unsaturated/α-hetero) is 1. The zero-order valence-corrected chi connectivity index (χ0v) is 10.3. The predicted molar refractivity (Wildman–Crippen MR) is 63.4 cm³/mol. The van der Waals surface area contributed by atoms with E-state index >= 15 is 0 Å². The second kappa shape index (κ2) is 4.77. The van der Waals surface area contributed by atoms with E-state index in [0.717, 1.165) is 6.42 Å². The van der Waals surface area contributed by atoms with Crippen molar-refractivity contribution in [1.29, 1.82) is 0 Å². The van der Waals surface area contributed by atoms with Crippen LogP contribution in [0.4, 0.5) is 0 Å². The number of halogens is 1. The van der Waals surface area contributed by atoms with Crippen LogP contribution in [0.3, 0.4) is 0 Å². The Labute approximate surface area is 100 Å². The van der Waals surface area contributed by atoms with Crippen LogP contribution in [0.5, 0.6) is 0 Å². The number of carbonyl (C=O) groups is 1. The first-order chi connectivity index (χ1) is 7.27. The normalized spacial score (nSPS) is 10.5. The molecule has 0 saturated carbocycles. The maximum absolute atomic E-state index is 11.7. The molecule has 0 aliphatic carbocycles. The summed E-state index contributed by atoms with van der Waals surface area (Å²) in [6, 6.07) is 5.74. The molecule has 78 valence electrons. The standard InChI is InChI=1S/C11H9BrO2S/c12-11-9(5-6-14-11)10(13)4-3-8-2-1-7-15-8/h1-2,5-7H,3-4H2. The lowest BCUT2D eigenvalue weighted by atomic mass is 10.1. The minimum atomic E-state index is 0.115. The monoisotopic (exact) mass is 284 g/mol. The maximum atomic E-state index is 11.7. The molecule has 2 aromatic heterocycles. The summed E-state index contributed by atoms with van der Waals surface area (Å²) in [6.07, 6.45) is 2.84. The molecule has 15 heavy (non-hydrogen) atoms. The zero-order valence-electron chi connectivity index (χ0n) is 7.90. The van der Waals surface area contributed by atoms with Crippen molar-refractivity contribution in [3.8, 4) is 0 Å². The van der Waals surface area contributed by atoms with Gasteiger partial charge in [0.05, 0.1) is 11.8 Å². The molecular formula is C11H9BrO2S. The Bertz CT molecular complexity index is 445. The average molecular weight is 285 g/mol. The van der Waals surface area contributed by atoms with Crippen LogP contribution < -0.4 is 0 Å². The summed E-state index contributed by atoms with van der Waals surface area (Å²) in [7, 11) is 0. The number of hydrogen-bond acceptors (Lipinski definition) is 3. The maximum Gasteiger partial charge on any atom is 0.179 e. The number of ketones is 1. The van der Waals surface area contributed by atoms with E-state index in [9.17, 15) is 4.79 Å². The summed E-state index contributed by atoms with van der Waals surface area (Å²) in [5.74, 6) is 0.115. The summed E-state index contributed by atoms with van der Waals surface area (Å²) >= 11 is 4.88. The van der Waals surface area contributed by atoms with Gasteiger partial charge in [0, 0.05) is 11.3 Å². The molecule has 0 spiro atoms. The van der Waals surface area contributed by atoms with Gasteiger partial charge in [0.2, 0.25) is 0 Å². The number of carbonyl (C=O) groups excluding carboxylic acids is 1. The lowest BCUT2D eigenvalue weighted by Gasteiger charge is -1.96. The van der Waals surface area contributed by atoms with Gasteiger partial charge in [-0.2, -0.15) is 0 Å². The number of furan rings is 1. The van der Waals surface area contributed by atoms with Gasteiger partial charge in [0.25, 0.3) is 0 Å². The summed E-state index contributed by atoms with van der Waals surface area (Å²) < 4.78 is 5.55. The Kier molecular flexibility index (Phi) is 3.38. The van der Waals surface area contributed by atoms with Crippen molar-refractivity contribution in [2.45, 2.75) is 12.8 Å². The molecular weight excluding hydrogens is 276 g/mol. The largest absolute Gasteiger partial charge is 0.457 e. The van der Waals surface area contributed by atoms with E-state index in [1.54, 1.807) is 17.4 Å². The molecule has 0 saturated heterocycles. The van der Waals surface area contributed by atoms with Crippen LogP contribution in [0.1, 0.15) is 21.7 Å². The van der Waals surface area contributed by atoms with Crippen LogP contribution in [-0.4, -0.2) is 5.78 Å². The van der Waals surface area contributed by atoms with Crippen LogP contribution in [-0.2, 0) is 6.42 Å². The predicted octanol–water partition coefficient (Wildman–Crippen LogP) is 3.92. The van der Waals surface area contributed by atoms with Crippen molar-refractivity contribution in [2.75, 3.05) is 0 Å². The molecule has 2 heterocycles. The van der Waals surface area contributed by atoms with Crippen LogP contribution >= 0.6 is 27.3 Å². The van der Waals surface area contributed by atoms with Gasteiger partial charge in [0.15, 0.2) is 10.5 Å². The van der Waals surface area contributed by atoms with E-state index < -0.39 is 0 Å². The summed E-state index contributed by atoms with van der Waals surface area (Å²) in [5.41, 5.74) is 0.631. The smallest absolute Gasteiger partial charge is 0.179 e. The SMILES string of the molecule is O=C(CCc1cccs1)c1ccoc1Br. The number of hydrogen-bond donors (Lipinski definition) is 0. The summed E-state index contributed by atoms with van der Waals surface area (Å²) in [6.45, 7) is 0. The van der Waals surface area contributed by atoms with Crippen molar-refractivity contribution in [2.24, 2.45) is 0 Å². The number of rotatable bonds is 4. The Morgan fingerprint density at radius 2 is 2.33 bits per heavy atom. The molecule has 0 fully saturated rings. The highest BCUT2D eigenvalue weighted by molar-refractivity contribution is 9.10. The minimum absolute atomic E-state index is 0.115. The third kappa shape index (κ3) is 2.58. The lowest BCUT2D eigenvalue weighted by molar-refractivity contribution is 0.0981. The third-order valence-electron chi connectivity index (χ3n) is 2.10. The molecule has 0 radical (unpaired) electrons. The van der Waals surface area contributed by atoms with Crippen molar-refractivity contribution in [3.63, 3.8) is 0 Å². The van der Waals surface area contributed by atoms with Crippen molar-refractivity contribution >= 4 is 33.0 Å². The van der Waals surface area contributed by atoms with Crippen LogP contribution in [0.2, 0.25) is 0 Å². The molecule has 0 aliphatic heterocycles. The molecule has 0 aliphatic rings. The topological polar surface area (TPSA) is 30.2 Å². The number of thiophene rings is 1. The zero-order chi connectivity index (χ0) is 10.7. The van der Waals surface area contributed by atoms with Gasteiger partial charge in [-0.3, -0.25) is 4.79 Å². The van der Waals surface area contributed by atoms with Gasteiger partial charge in [-0.15, -0.1) is 11.3 Å². The van der Waals surface area contributed by atoms with Crippen molar-refractivity contribution in [3.05, 3.63) is 45.0 Å². The fourth-order valence-electron chi connectivity index (χ4n) is 1.32. The lowest BCUT2D eigenvalue weighted by Crippen LogP contribution is -1.99. The Balaban J connectivity index is 1.96. The van der Waals surface area contributed by atoms with Gasteiger partial charge in [-0.05, 0) is 39.9 Å². The van der Waals surface area contributed by atoms with Crippen LogP contribution in [0.15, 0.2) is 38.9 Å². The highest BCUT2D eigenvalue weighted by Crippen LogP contribution is 2.20. The Hall–Kier alpha value is -0.870. The second-order valence-electron chi connectivity index (χ2n) is 3.11. The quantitative estimate of drug-likeness (QED) is 0.797. The molecule has 0 amide bonds. The minimum Gasteiger partial charge on any atom is -0.457 e. The first kappa shape index (κ1) is 10.6. The Morgan fingerprint density at radius 1 is 1.47 bits per heavy atom. The first-order valence-corrected chi connectivity index (χ1v) is 6.23. The molecule has 0 aromatic carbocycles. The van der Waals surface area contributed by atoms with E-state index in [0.29, 0.717) is 16.7 Å². The van der Waals surface area contributed by atoms with E-state index in [4.69, 9.17) is 4.42 Å². The van der Waals surface area contributed by atoms with Crippen molar-refractivity contribution < 1.29 is 9.21 Å². The average Bonchev–Trinajstić information content (AvgIpc) is 2.84. The molecule has 0 bridgehead atoms. The van der Waals surface area contributed by atoms with Gasteiger partial charge >= 0.3 is 0 Å². The molecule has 4 heteroatoms. The fraction of sp³-hybridized carbons (Fsp3) is 0.182. The molecule has 2 rings (SSSR count). The van der Waals surface area contributed by atoms with E-state index in [-0.39, 0.29) is 5.78 Å². The summed E-state index contributed by atoms with van der Waals surface area (Å²) in [4.78, 5) is 13.0. The van der Waals surface area contributed by atoms with E-state index in [2.05, 4.69) is 15.9 Å². The van der Waals surface area contributed by atoms with Gasteiger partial charge < -0.3 is 4.42 Å². The van der Waals surface area contributed by atoms with Gasteiger partial charge in [-0.1, -0.05) is 6.07 Å². The van der Waals surface area contributed by atoms with Crippen molar-refractivity contribution in [1.82, 2.24) is 0 Å². The molecule has 0 unspecified atom stereocenters. The molecule has 2 nitrogen and oxygen atoms in total. The molecule has 0 atom stereocenters. The first-order valence-electron chi connectivity index (χ1n) is 4.56. The van der Waals surface area contributed by atoms with E-state index in [1.165, 1.54) is 11.1 Å².